The molecule has 1 atom stereocenters. The average Bonchev–Trinajstić information content (AvgIpc) is 3.14. The summed E-state index contributed by atoms with van der Waals surface area (Å²) in [6.45, 7) is 2.42. The number of fused-ring (bicyclic) bond motifs is 1. The number of para-hydroxylation sites is 1. The summed E-state index contributed by atoms with van der Waals surface area (Å²) in [7, 11) is 0. The number of aromatic nitrogens is 3. The van der Waals surface area contributed by atoms with E-state index in [1.54, 1.807) is 11.0 Å². The molecular weight excluding hydrogens is 268 g/mol. The zero-order chi connectivity index (χ0) is 14.7. The van der Waals surface area contributed by atoms with Crippen molar-refractivity contribution < 1.29 is 9.21 Å². The molecule has 0 saturated heterocycles. The molecule has 1 amide bonds. The van der Waals surface area contributed by atoms with E-state index in [9.17, 15) is 4.79 Å². The minimum absolute atomic E-state index is 0.0431. The molecule has 0 aliphatic heterocycles. The number of rotatable bonds is 5. The Morgan fingerprint density at radius 2 is 2.29 bits per heavy atom. The predicted molar refractivity (Wildman–Crippen MR) is 77.4 cm³/mol. The minimum atomic E-state index is -0.166. The number of carbonyl (C=O) groups excluding carboxylic acids is 1. The van der Waals surface area contributed by atoms with Gasteiger partial charge in [0.25, 0.3) is 0 Å². The van der Waals surface area contributed by atoms with Gasteiger partial charge in [-0.3, -0.25) is 9.48 Å². The SMILES string of the molecule is C[C@H](NC(=O)CCn1cncn1)c1cc2ccccc2o1. The van der Waals surface area contributed by atoms with Crippen LogP contribution in [0.1, 0.15) is 25.1 Å². The van der Waals surface area contributed by atoms with Crippen molar-refractivity contribution in [1.82, 2.24) is 20.1 Å². The Bertz CT molecular complexity index is 700. The van der Waals surface area contributed by atoms with Crippen molar-refractivity contribution in [2.75, 3.05) is 0 Å². The Kier molecular flexibility index (Phi) is 3.68. The summed E-state index contributed by atoms with van der Waals surface area (Å²) < 4.78 is 7.37. The fourth-order valence-corrected chi connectivity index (χ4v) is 2.16. The number of hydrogen-bond donors (Lipinski definition) is 1. The molecule has 108 valence electrons. The van der Waals surface area contributed by atoms with Crippen molar-refractivity contribution in [3.8, 4) is 0 Å². The molecule has 1 N–H and O–H groups in total. The molecule has 21 heavy (non-hydrogen) atoms. The van der Waals surface area contributed by atoms with Gasteiger partial charge in [-0.25, -0.2) is 4.98 Å². The van der Waals surface area contributed by atoms with Crippen LogP contribution in [-0.2, 0) is 11.3 Å². The van der Waals surface area contributed by atoms with Crippen LogP contribution in [0.2, 0.25) is 0 Å². The number of amides is 1. The average molecular weight is 284 g/mol. The standard InChI is InChI=1S/C15H16N4O2/c1-11(14-8-12-4-2-3-5-13(12)21-14)18-15(20)6-7-19-10-16-9-17-19/h2-5,8-11H,6-7H2,1H3,(H,18,20)/t11-/m0/s1. The molecule has 2 heterocycles. The monoisotopic (exact) mass is 284 g/mol. The van der Waals surface area contributed by atoms with Crippen LogP contribution in [-0.4, -0.2) is 20.7 Å². The van der Waals surface area contributed by atoms with Crippen molar-refractivity contribution in [3.05, 3.63) is 48.7 Å². The highest BCUT2D eigenvalue weighted by Crippen LogP contribution is 2.23. The first-order valence-corrected chi connectivity index (χ1v) is 6.82. The maximum absolute atomic E-state index is 11.9. The Hall–Kier alpha value is -2.63. The predicted octanol–water partition coefficient (Wildman–Crippen LogP) is 2.29. The Morgan fingerprint density at radius 3 is 3.05 bits per heavy atom. The fourth-order valence-electron chi connectivity index (χ4n) is 2.16. The number of carbonyl (C=O) groups is 1. The topological polar surface area (TPSA) is 73.0 Å². The van der Waals surface area contributed by atoms with Gasteiger partial charge in [0.15, 0.2) is 0 Å². The second kappa shape index (κ2) is 5.78. The van der Waals surface area contributed by atoms with E-state index in [1.807, 2.05) is 37.3 Å². The van der Waals surface area contributed by atoms with Crippen LogP contribution in [0.5, 0.6) is 0 Å². The molecular formula is C15H16N4O2. The third-order valence-corrected chi connectivity index (χ3v) is 3.28. The highest BCUT2D eigenvalue weighted by Gasteiger charge is 2.14. The first-order valence-electron chi connectivity index (χ1n) is 6.82. The van der Waals surface area contributed by atoms with E-state index in [0.717, 1.165) is 16.7 Å². The van der Waals surface area contributed by atoms with E-state index < -0.39 is 0 Å². The van der Waals surface area contributed by atoms with Gasteiger partial charge >= 0.3 is 0 Å². The van der Waals surface area contributed by atoms with E-state index in [1.165, 1.54) is 6.33 Å². The number of nitrogens with one attached hydrogen (secondary N) is 1. The van der Waals surface area contributed by atoms with E-state index in [4.69, 9.17) is 4.42 Å². The van der Waals surface area contributed by atoms with Crippen LogP contribution in [0.25, 0.3) is 11.0 Å². The van der Waals surface area contributed by atoms with Gasteiger partial charge in [0.05, 0.1) is 12.6 Å². The number of aryl methyl sites for hydroxylation is 1. The van der Waals surface area contributed by atoms with Gasteiger partial charge in [-0.2, -0.15) is 5.10 Å². The van der Waals surface area contributed by atoms with Crippen LogP contribution >= 0.6 is 0 Å². The zero-order valence-electron chi connectivity index (χ0n) is 11.7. The van der Waals surface area contributed by atoms with Gasteiger partial charge in [0.1, 0.15) is 24.0 Å². The summed E-state index contributed by atoms with van der Waals surface area (Å²) in [6, 6.07) is 9.58. The van der Waals surface area contributed by atoms with Gasteiger partial charge < -0.3 is 9.73 Å². The Labute approximate surface area is 121 Å². The van der Waals surface area contributed by atoms with Crippen LogP contribution in [0.4, 0.5) is 0 Å². The van der Waals surface area contributed by atoms with Crippen LogP contribution in [0, 0.1) is 0 Å². The molecule has 3 rings (SSSR count). The molecule has 1 aromatic carbocycles. The van der Waals surface area contributed by atoms with Crippen LogP contribution in [0.15, 0.2) is 47.4 Å². The Morgan fingerprint density at radius 1 is 1.43 bits per heavy atom. The first-order chi connectivity index (χ1) is 10.2. The van der Waals surface area contributed by atoms with Crippen LogP contribution < -0.4 is 5.32 Å². The molecule has 0 radical (unpaired) electrons. The van der Waals surface area contributed by atoms with Crippen molar-refractivity contribution in [3.63, 3.8) is 0 Å². The molecule has 0 saturated carbocycles. The minimum Gasteiger partial charge on any atom is -0.459 e. The van der Waals surface area contributed by atoms with Crippen molar-refractivity contribution in [2.24, 2.45) is 0 Å². The van der Waals surface area contributed by atoms with Gasteiger partial charge in [-0.15, -0.1) is 0 Å². The van der Waals surface area contributed by atoms with E-state index >= 15 is 0 Å². The zero-order valence-corrected chi connectivity index (χ0v) is 11.7. The molecule has 0 unspecified atom stereocenters. The molecule has 0 fully saturated rings. The van der Waals surface area contributed by atoms with Gasteiger partial charge in [0, 0.05) is 11.8 Å². The fraction of sp³-hybridized carbons (Fsp3) is 0.267. The number of benzene rings is 1. The summed E-state index contributed by atoms with van der Waals surface area (Å²) in [5.74, 6) is 0.712. The van der Waals surface area contributed by atoms with Crippen molar-refractivity contribution in [1.29, 1.82) is 0 Å². The maximum atomic E-state index is 11.9. The third kappa shape index (κ3) is 3.10. The smallest absolute Gasteiger partial charge is 0.222 e. The number of nitrogens with zero attached hydrogens (tertiary/aromatic N) is 3. The molecule has 0 bridgehead atoms. The summed E-state index contributed by atoms with van der Waals surface area (Å²) >= 11 is 0. The molecule has 0 aliphatic rings. The lowest BCUT2D eigenvalue weighted by molar-refractivity contribution is -0.122. The molecule has 6 heteroatoms. The van der Waals surface area contributed by atoms with Crippen LogP contribution in [0.3, 0.4) is 0 Å². The molecule has 3 aromatic rings. The molecule has 6 nitrogen and oxygen atoms in total. The maximum Gasteiger partial charge on any atom is 0.222 e. The summed E-state index contributed by atoms with van der Waals surface area (Å²) in [4.78, 5) is 15.8. The van der Waals surface area contributed by atoms with Gasteiger partial charge in [-0.1, -0.05) is 18.2 Å². The number of furan rings is 1. The van der Waals surface area contributed by atoms with Gasteiger partial charge in [-0.05, 0) is 19.1 Å². The van der Waals surface area contributed by atoms with E-state index in [-0.39, 0.29) is 11.9 Å². The lowest BCUT2D eigenvalue weighted by Crippen LogP contribution is -2.27. The van der Waals surface area contributed by atoms with Gasteiger partial charge in [0.2, 0.25) is 5.91 Å². The number of hydrogen-bond acceptors (Lipinski definition) is 4. The van der Waals surface area contributed by atoms with E-state index in [0.29, 0.717) is 13.0 Å². The summed E-state index contributed by atoms with van der Waals surface area (Å²) in [5.41, 5.74) is 0.830. The van der Waals surface area contributed by atoms with Crippen molar-refractivity contribution in [2.45, 2.75) is 25.9 Å². The largest absolute Gasteiger partial charge is 0.459 e. The lowest BCUT2D eigenvalue weighted by Gasteiger charge is -2.11. The lowest BCUT2D eigenvalue weighted by atomic mass is 10.2. The Balaban J connectivity index is 1.60. The second-order valence-electron chi connectivity index (χ2n) is 4.88. The summed E-state index contributed by atoms with van der Waals surface area (Å²) in [5, 5.41) is 7.92. The highest BCUT2D eigenvalue weighted by atomic mass is 16.3. The normalized spacial score (nSPS) is 12.4. The molecule has 0 spiro atoms. The third-order valence-electron chi connectivity index (χ3n) is 3.28. The first kappa shape index (κ1) is 13.4. The van der Waals surface area contributed by atoms with Crippen molar-refractivity contribution >= 4 is 16.9 Å². The summed E-state index contributed by atoms with van der Waals surface area (Å²) in [6.07, 6.45) is 3.40. The molecule has 2 aromatic heterocycles. The highest BCUT2D eigenvalue weighted by molar-refractivity contribution is 5.79. The second-order valence-corrected chi connectivity index (χ2v) is 4.88. The quantitative estimate of drug-likeness (QED) is 0.780. The molecule has 0 aliphatic carbocycles. The van der Waals surface area contributed by atoms with E-state index in [2.05, 4.69) is 15.4 Å².